The first-order valence-corrected chi connectivity index (χ1v) is 5.14. The molecule has 0 saturated heterocycles. The van der Waals surface area contributed by atoms with E-state index in [0.29, 0.717) is 0 Å². The Morgan fingerprint density at radius 2 is 1.40 bits per heavy atom. The van der Waals surface area contributed by atoms with Crippen LogP contribution in [0, 0.1) is 0 Å². The van der Waals surface area contributed by atoms with Crippen LogP contribution in [0.5, 0.6) is 0 Å². The number of rotatable bonds is 1. The lowest BCUT2D eigenvalue weighted by Crippen LogP contribution is -3.00. The van der Waals surface area contributed by atoms with Crippen molar-refractivity contribution in [3.63, 3.8) is 0 Å². The minimum atomic E-state index is 0. The van der Waals surface area contributed by atoms with Crippen LogP contribution in [0.15, 0.2) is 24.3 Å². The van der Waals surface area contributed by atoms with E-state index in [2.05, 4.69) is 66.2 Å². The molecule has 0 bridgehead atoms. The third-order valence-corrected chi connectivity index (χ3v) is 2.43. The Balaban J connectivity index is 0.00000196. The van der Waals surface area contributed by atoms with Gasteiger partial charge in [0.05, 0.1) is 21.1 Å². The molecule has 0 atom stereocenters. The lowest BCUT2D eigenvalue weighted by molar-refractivity contribution is -0.00000367. The van der Waals surface area contributed by atoms with Gasteiger partial charge >= 0.3 is 0 Å². The van der Waals surface area contributed by atoms with Gasteiger partial charge in [-0.15, -0.1) is 0 Å². The summed E-state index contributed by atoms with van der Waals surface area (Å²) >= 11 is 0. The van der Waals surface area contributed by atoms with Crippen molar-refractivity contribution in [3.05, 3.63) is 29.8 Å². The van der Waals surface area contributed by atoms with Crippen molar-refractivity contribution in [1.82, 2.24) is 4.48 Å². The monoisotopic (exact) mass is 227 g/mol. The topological polar surface area (TPSA) is 0 Å². The fourth-order valence-electron chi connectivity index (χ4n) is 1.69. The largest absolute Gasteiger partial charge is 1.00 e. The van der Waals surface area contributed by atoms with Gasteiger partial charge in [-0.05, 0) is 11.5 Å². The van der Waals surface area contributed by atoms with Crippen molar-refractivity contribution in [2.24, 2.45) is 0 Å². The average molecular weight is 228 g/mol. The first-order chi connectivity index (χ1) is 6.23. The molecule has 1 rings (SSSR count). The highest BCUT2D eigenvalue weighted by atomic mass is 35.5. The standard InChI is InChI=1S/C13H22N.ClH/c1-13(2,3)11-9-7-8-10-12(11)14(4,5)6;/h7-10H,1-6H3;1H/q+1;/p-1. The van der Waals surface area contributed by atoms with Crippen molar-refractivity contribution in [2.45, 2.75) is 26.2 Å². The number of nitrogens with zero attached hydrogens (tertiary/aromatic N) is 1. The number of halogens is 1. The Bertz CT molecular complexity index is 285. The smallest absolute Gasteiger partial charge is 0.135 e. The number of quaternary nitrogens is 1. The second kappa shape index (κ2) is 4.54. The molecule has 0 amide bonds. The van der Waals surface area contributed by atoms with E-state index < -0.39 is 0 Å². The number of para-hydroxylation sites is 1. The predicted octanol–water partition coefficient (Wildman–Crippen LogP) is 0.185. The molecule has 0 aliphatic heterocycles. The van der Waals surface area contributed by atoms with Gasteiger partial charge < -0.3 is 12.4 Å². The molecule has 0 radical (unpaired) electrons. The van der Waals surface area contributed by atoms with Crippen LogP contribution in [0.25, 0.3) is 0 Å². The molecule has 0 fully saturated rings. The van der Waals surface area contributed by atoms with Gasteiger partial charge in [0.2, 0.25) is 0 Å². The maximum absolute atomic E-state index is 2.27. The Labute approximate surface area is 100 Å². The van der Waals surface area contributed by atoms with Gasteiger partial charge in [-0.1, -0.05) is 39.0 Å². The summed E-state index contributed by atoms with van der Waals surface area (Å²) in [5.74, 6) is 0. The highest BCUT2D eigenvalue weighted by Gasteiger charge is 2.24. The van der Waals surface area contributed by atoms with Gasteiger partial charge in [-0.25, -0.2) is 0 Å². The summed E-state index contributed by atoms with van der Waals surface area (Å²) in [4.78, 5) is 0. The van der Waals surface area contributed by atoms with Crippen molar-refractivity contribution in [1.29, 1.82) is 0 Å². The molecule has 0 aliphatic rings. The van der Waals surface area contributed by atoms with Crippen LogP contribution in [0.3, 0.4) is 0 Å². The fraction of sp³-hybridized carbons (Fsp3) is 0.538. The van der Waals surface area contributed by atoms with Crippen LogP contribution in [0.1, 0.15) is 26.3 Å². The molecule has 15 heavy (non-hydrogen) atoms. The van der Waals surface area contributed by atoms with Gasteiger partial charge in [0.15, 0.2) is 0 Å². The molecule has 1 nitrogen and oxygen atoms in total. The molecule has 0 N–H and O–H groups in total. The van der Waals surface area contributed by atoms with E-state index in [-0.39, 0.29) is 17.8 Å². The molecular weight excluding hydrogens is 206 g/mol. The van der Waals surface area contributed by atoms with E-state index in [0.717, 1.165) is 4.48 Å². The van der Waals surface area contributed by atoms with E-state index >= 15 is 0 Å². The van der Waals surface area contributed by atoms with Crippen LogP contribution in [0.2, 0.25) is 0 Å². The number of hydrogen-bond acceptors (Lipinski definition) is 0. The summed E-state index contributed by atoms with van der Waals surface area (Å²) in [6.07, 6.45) is 0. The highest BCUT2D eigenvalue weighted by molar-refractivity contribution is 5.52. The van der Waals surface area contributed by atoms with E-state index in [1.807, 2.05) is 0 Å². The van der Waals surface area contributed by atoms with Crippen LogP contribution in [0.4, 0.5) is 5.69 Å². The zero-order valence-electron chi connectivity index (χ0n) is 10.6. The third-order valence-electron chi connectivity index (χ3n) is 2.43. The normalized spacial score (nSPS) is 12.1. The number of hydrogen-bond donors (Lipinski definition) is 0. The zero-order valence-corrected chi connectivity index (χ0v) is 11.4. The molecule has 1 aromatic rings. The number of benzene rings is 1. The minimum Gasteiger partial charge on any atom is -1.00 e. The first-order valence-electron chi connectivity index (χ1n) is 5.14. The minimum absolute atomic E-state index is 0. The van der Waals surface area contributed by atoms with Gasteiger partial charge in [0, 0.05) is 5.56 Å². The van der Waals surface area contributed by atoms with Gasteiger partial charge in [0.1, 0.15) is 5.69 Å². The van der Waals surface area contributed by atoms with Gasteiger partial charge in [-0.3, -0.25) is 4.48 Å². The summed E-state index contributed by atoms with van der Waals surface area (Å²) < 4.78 is 0.882. The molecule has 0 saturated carbocycles. The van der Waals surface area contributed by atoms with Crippen molar-refractivity contribution >= 4 is 5.69 Å². The summed E-state index contributed by atoms with van der Waals surface area (Å²) in [7, 11) is 6.64. The van der Waals surface area contributed by atoms with Gasteiger partial charge in [-0.2, -0.15) is 0 Å². The fourth-order valence-corrected chi connectivity index (χ4v) is 1.69. The van der Waals surface area contributed by atoms with E-state index in [1.165, 1.54) is 11.3 Å². The van der Waals surface area contributed by atoms with Crippen LogP contribution in [-0.4, -0.2) is 21.1 Å². The Morgan fingerprint density at radius 1 is 0.933 bits per heavy atom. The average Bonchev–Trinajstić information content (AvgIpc) is 2.01. The van der Waals surface area contributed by atoms with E-state index in [1.54, 1.807) is 0 Å². The molecule has 0 spiro atoms. The van der Waals surface area contributed by atoms with Crippen LogP contribution < -0.4 is 16.9 Å². The van der Waals surface area contributed by atoms with Crippen molar-refractivity contribution < 1.29 is 12.4 Å². The SMILES string of the molecule is CC(C)(C)c1ccccc1[N+](C)(C)C.[Cl-]. The maximum atomic E-state index is 2.27. The maximum Gasteiger partial charge on any atom is 0.135 e. The molecule has 1 aromatic carbocycles. The third kappa shape index (κ3) is 3.51. The molecule has 2 heteroatoms. The Morgan fingerprint density at radius 3 is 1.73 bits per heavy atom. The molecule has 0 heterocycles. The predicted molar refractivity (Wildman–Crippen MR) is 64.7 cm³/mol. The van der Waals surface area contributed by atoms with E-state index in [9.17, 15) is 0 Å². The second-order valence-corrected chi connectivity index (χ2v) is 5.78. The molecule has 0 aliphatic carbocycles. The van der Waals surface area contributed by atoms with Crippen molar-refractivity contribution in [2.75, 3.05) is 21.1 Å². The summed E-state index contributed by atoms with van der Waals surface area (Å²) in [6, 6.07) is 8.70. The molecule has 0 aromatic heterocycles. The first kappa shape index (κ1) is 14.5. The second-order valence-electron chi connectivity index (χ2n) is 5.78. The molecular formula is C13H22ClN. The van der Waals surface area contributed by atoms with Crippen LogP contribution in [-0.2, 0) is 5.41 Å². The van der Waals surface area contributed by atoms with E-state index in [4.69, 9.17) is 0 Å². The van der Waals surface area contributed by atoms with Crippen molar-refractivity contribution in [3.8, 4) is 0 Å². The summed E-state index contributed by atoms with van der Waals surface area (Å²) in [5, 5.41) is 0. The van der Waals surface area contributed by atoms with Crippen LogP contribution >= 0.6 is 0 Å². The molecule has 86 valence electrons. The summed E-state index contributed by atoms with van der Waals surface area (Å²) in [6.45, 7) is 6.80. The lowest BCUT2D eigenvalue weighted by Gasteiger charge is -2.30. The quantitative estimate of drug-likeness (QED) is 0.601. The Kier molecular flexibility index (Phi) is 4.38. The molecule has 0 unspecified atom stereocenters. The zero-order chi connectivity index (χ0) is 11.0. The van der Waals surface area contributed by atoms with Gasteiger partial charge in [0.25, 0.3) is 0 Å². The summed E-state index contributed by atoms with van der Waals surface area (Å²) in [5.41, 5.74) is 3.06. The highest BCUT2D eigenvalue weighted by Crippen LogP contribution is 2.32. The Hall–Kier alpha value is -0.530. The lowest BCUT2D eigenvalue weighted by atomic mass is 9.85.